The Morgan fingerprint density at radius 1 is 1.18 bits per heavy atom. The molecule has 1 aliphatic rings. The van der Waals surface area contributed by atoms with Crippen LogP contribution in [0, 0.1) is 21.4 Å². The van der Waals surface area contributed by atoms with Crippen molar-refractivity contribution in [1.82, 2.24) is 5.32 Å². The Kier molecular flexibility index (Phi) is 5.38. The minimum absolute atomic E-state index is 0.0434. The third-order valence-corrected chi connectivity index (χ3v) is 5.01. The van der Waals surface area contributed by atoms with Gasteiger partial charge < -0.3 is 10.2 Å². The molecular weight excluding hydrogens is 376 g/mol. The monoisotopic (exact) mass is 394 g/mol. The van der Waals surface area contributed by atoms with Crippen molar-refractivity contribution in [3.8, 4) is 6.07 Å². The zero-order valence-electron chi connectivity index (χ0n) is 15.3. The molecule has 0 bridgehead atoms. The van der Waals surface area contributed by atoms with Crippen LogP contribution in [-0.2, 0) is 4.79 Å². The molecule has 1 unspecified atom stereocenters. The minimum Gasteiger partial charge on any atom is -0.327 e. The summed E-state index contributed by atoms with van der Waals surface area (Å²) in [6, 6.07) is 15.6. The van der Waals surface area contributed by atoms with Crippen molar-refractivity contribution in [2.24, 2.45) is 0 Å². The maximum Gasteiger partial charge on any atom is 0.269 e. The Balaban J connectivity index is 2.09. The van der Waals surface area contributed by atoms with Crippen molar-refractivity contribution in [1.29, 1.82) is 5.26 Å². The summed E-state index contributed by atoms with van der Waals surface area (Å²) in [5.41, 5.74) is 2.40. The Morgan fingerprint density at radius 2 is 1.79 bits per heavy atom. The molecule has 3 rings (SSSR count). The number of amides is 1. The SMILES string of the molecule is CC(C)c1ccc(N2C(S)=C(C#N)C(=O)NC2c2ccc([N+](=O)[O-])cc2)cc1. The smallest absolute Gasteiger partial charge is 0.269 e. The number of hydrogen-bond donors (Lipinski definition) is 2. The van der Waals surface area contributed by atoms with Gasteiger partial charge in [0.15, 0.2) is 0 Å². The minimum atomic E-state index is -0.650. The summed E-state index contributed by atoms with van der Waals surface area (Å²) in [7, 11) is 0. The summed E-state index contributed by atoms with van der Waals surface area (Å²) in [4.78, 5) is 24.5. The maximum absolute atomic E-state index is 12.3. The van der Waals surface area contributed by atoms with Crippen LogP contribution in [0.4, 0.5) is 11.4 Å². The third-order valence-electron chi connectivity index (χ3n) is 4.57. The lowest BCUT2D eigenvalue weighted by molar-refractivity contribution is -0.384. The first kappa shape index (κ1) is 19.5. The van der Waals surface area contributed by atoms with Crippen LogP contribution in [0.25, 0.3) is 0 Å². The molecule has 0 fully saturated rings. The van der Waals surface area contributed by atoms with Crippen molar-refractivity contribution >= 4 is 29.9 Å². The molecule has 0 spiro atoms. The molecule has 28 heavy (non-hydrogen) atoms. The fraction of sp³-hybridized carbons (Fsp3) is 0.200. The van der Waals surface area contributed by atoms with Crippen molar-refractivity contribution < 1.29 is 9.72 Å². The van der Waals surface area contributed by atoms with Crippen LogP contribution in [0.1, 0.15) is 37.1 Å². The molecule has 0 saturated heterocycles. The summed E-state index contributed by atoms with van der Waals surface area (Å²) in [5, 5.41) is 23.3. The highest BCUT2D eigenvalue weighted by molar-refractivity contribution is 7.84. The number of thiol groups is 1. The third kappa shape index (κ3) is 3.57. The second-order valence-electron chi connectivity index (χ2n) is 6.65. The fourth-order valence-electron chi connectivity index (χ4n) is 3.01. The van der Waals surface area contributed by atoms with E-state index in [1.54, 1.807) is 17.0 Å². The summed E-state index contributed by atoms with van der Waals surface area (Å²) >= 11 is 4.45. The Hall–Kier alpha value is -3.31. The molecule has 1 atom stereocenters. The highest BCUT2D eigenvalue weighted by Gasteiger charge is 2.34. The predicted octanol–water partition coefficient (Wildman–Crippen LogP) is 4.02. The molecule has 2 aromatic carbocycles. The van der Waals surface area contributed by atoms with E-state index in [0.29, 0.717) is 11.5 Å². The lowest BCUT2D eigenvalue weighted by Gasteiger charge is -2.38. The van der Waals surface area contributed by atoms with E-state index in [9.17, 15) is 20.2 Å². The topological polar surface area (TPSA) is 99.3 Å². The standard InChI is InChI=1S/C20H18N4O3S/c1-12(2)13-3-7-15(8-4-13)23-18(22-19(25)17(11-21)20(23)28)14-5-9-16(10-6-14)24(26)27/h3-10,12,18,28H,1-2H3,(H,22,25). The first-order valence-corrected chi connectivity index (χ1v) is 9.06. The number of nitrogens with zero attached hydrogens (tertiary/aromatic N) is 3. The van der Waals surface area contributed by atoms with E-state index in [4.69, 9.17) is 0 Å². The molecule has 8 heteroatoms. The Labute approximate surface area is 167 Å². The van der Waals surface area contributed by atoms with Crippen LogP contribution >= 0.6 is 12.6 Å². The Morgan fingerprint density at radius 3 is 2.29 bits per heavy atom. The number of carbonyl (C=O) groups excluding carboxylic acids is 1. The molecule has 1 amide bonds. The first-order valence-electron chi connectivity index (χ1n) is 8.61. The van der Waals surface area contributed by atoms with Gasteiger partial charge in [-0.25, -0.2) is 0 Å². The zero-order valence-corrected chi connectivity index (χ0v) is 16.2. The molecule has 1 heterocycles. The fourth-order valence-corrected chi connectivity index (χ4v) is 3.39. The summed E-state index contributed by atoms with van der Waals surface area (Å²) in [6.07, 6.45) is -0.650. The largest absolute Gasteiger partial charge is 0.327 e. The molecule has 0 aliphatic carbocycles. The van der Waals surface area contributed by atoms with Crippen molar-refractivity contribution in [2.45, 2.75) is 25.9 Å². The lowest BCUT2D eigenvalue weighted by atomic mass is 10.0. The number of nitro benzene ring substituents is 1. The van der Waals surface area contributed by atoms with E-state index >= 15 is 0 Å². The molecule has 7 nitrogen and oxygen atoms in total. The van der Waals surface area contributed by atoms with Gasteiger partial charge in [0, 0.05) is 17.8 Å². The number of non-ortho nitro benzene ring substituents is 1. The first-order chi connectivity index (χ1) is 13.3. The van der Waals surface area contributed by atoms with E-state index < -0.39 is 17.0 Å². The average Bonchev–Trinajstić information content (AvgIpc) is 2.68. The Bertz CT molecular complexity index is 992. The number of rotatable bonds is 4. The van der Waals surface area contributed by atoms with Gasteiger partial charge in [0.25, 0.3) is 11.6 Å². The predicted molar refractivity (Wildman–Crippen MR) is 109 cm³/mol. The van der Waals surface area contributed by atoms with Crippen LogP contribution in [0.2, 0.25) is 0 Å². The lowest BCUT2D eigenvalue weighted by Crippen LogP contribution is -2.46. The van der Waals surface area contributed by atoms with Gasteiger partial charge in [-0.15, -0.1) is 12.6 Å². The van der Waals surface area contributed by atoms with Gasteiger partial charge in [-0.2, -0.15) is 5.26 Å². The average molecular weight is 394 g/mol. The summed E-state index contributed by atoms with van der Waals surface area (Å²) in [6.45, 7) is 4.18. The summed E-state index contributed by atoms with van der Waals surface area (Å²) < 4.78 is 0. The number of carbonyl (C=O) groups is 1. The van der Waals surface area contributed by atoms with Crippen LogP contribution in [0.15, 0.2) is 59.1 Å². The molecule has 0 saturated carbocycles. The maximum atomic E-state index is 12.3. The molecule has 2 aromatic rings. The van der Waals surface area contributed by atoms with E-state index in [2.05, 4.69) is 31.8 Å². The van der Waals surface area contributed by atoms with Crippen molar-refractivity contribution in [2.75, 3.05) is 4.90 Å². The quantitative estimate of drug-likeness (QED) is 0.464. The zero-order chi connectivity index (χ0) is 20.4. The number of anilines is 1. The second kappa shape index (κ2) is 7.74. The van der Waals surface area contributed by atoms with Crippen molar-refractivity contribution in [3.63, 3.8) is 0 Å². The number of nitrogens with one attached hydrogen (secondary N) is 1. The van der Waals surface area contributed by atoms with Crippen LogP contribution < -0.4 is 10.2 Å². The van der Waals surface area contributed by atoms with Gasteiger partial charge in [0.05, 0.1) is 9.95 Å². The molecular formula is C20H18N4O3S. The molecule has 142 valence electrons. The number of nitriles is 1. The van der Waals surface area contributed by atoms with Crippen LogP contribution in [0.3, 0.4) is 0 Å². The van der Waals surface area contributed by atoms with Crippen LogP contribution in [0.5, 0.6) is 0 Å². The van der Waals surface area contributed by atoms with E-state index in [1.165, 1.54) is 12.1 Å². The van der Waals surface area contributed by atoms with Gasteiger partial charge >= 0.3 is 0 Å². The molecule has 0 aromatic heterocycles. The highest BCUT2D eigenvalue weighted by Crippen LogP contribution is 2.36. The summed E-state index contributed by atoms with van der Waals surface area (Å²) in [5.74, 6) is -0.174. The van der Waals surface area contributed by atoms with Gasteiger partial charge in [-0.3, -0.25) is 14.9 Å². The van der Waals surface area contributed by atoms with Gasteiger partial charge in [0.1, 0.15) is 17.8 Å². The molecule has 1 N–H and O–H groups in total. The van der Waals surface area contributed by atoms with Gasteiger partial charge in [-0.05, 0) is 41.3 Å². The highest BCUT2D eigenvalue weighted by atomic mass is 32.1. The number of nitro groups is 1. The van der Waals surface area contributed by atoms with Crippen LogP contribution in [-0.4, -0.2) is 10.8 Å². The van der Waals surface area contributed by atoms with Gasteiger partial charge in [0.2, 0.25) is 0 Å². The van der Waals surface area contributed by atoms with E-state index in [0.717, 1.165) is 11.3 Å². The van der Waals surface area contributed by atoms with Gasteiger partial charge in [-0.1, -0.05) is 26.0 Å². The second-order valence-corrected chi connectivity index (χ2v) is 7.07. The van der Waals surface area contributed by atoms with E-state index in [1.807, 2.05) is 30.3 Å². The number of benzene rings is 2. The van der Waals surface area contributed by atoms with E-state index in [-0.39, 0.29) is 16.3 Å². The normalized spacial score (nSPS) is 16.8. The molecule has 0 radical (unpaired) electrons. The molecule has 1 aliphatic heterocycles. The van der Waals surface area contributed by atoms with Crippen molar-refractivity contribution in [3.05, 3.63) is 80.4 Å². The number of hydrogen-bond acceptors (Lipinski definition) is 6.